The smallest absolute Gasteiger partial charge is 0.418 e. The second-order valence-electron chi connectivity index (χ2n) is 12.2. The molecule has 0 saturated carbocycles. The van der Waals surface area contributed by atoms with Crippen molar-refractivity contribution in [3.8, 4) is 23.1 Å². The molecule has 1 aromatic carbocycles. The average Bonchev–Trinajstić information content (AvgIpc) is 3.43. The molecule has 3 N–H and O–H groups in total. The molecule has 4 aliphatic heterocycles. The van der Waals surface area contributed by atoms with Crippen LogP contribution >= 0.6 is 11.6 Å². The highest BCUT2D eigenvalue weighted by Gasteiger charge is 2.51. The maximum Gasteiger partial charge on any atom is 0.418 e. The Morgan fingerprint density at radius 2 is 2.00 bits per heavy atom. The van der Waals surface area contributed by atoms with Gasteiger partial charge in [-0.2, -0.15) is 23.1 Å². The number of benzene rings is 1. The van der Waals surface area contributed by atoms with Gasteiger partial charge in [-0.05, 0) is 38.6 Å². The predicted octanol–water partition coefficient (Wildman–Crippen LogP) is 4.23. The van der Waals surface area contributed by atoms with Crippen molar-refractivity contribution in [1.29, 1.82) is 0 Å². The number of nitrogens with zero attached hydrogens (tertiary/aromatic N) is 5. The lowest BCUT2D eigenvalue weighted by atomic mass is 9.95. The van der Waals surface area contributed by atoms with Crippen molar-refractivity contribution in [2.45, 2.75) is 42.7 Å². The van der Waals surface area contributed by atoms with Crippen LogP contribution in [0, 0.1) is 5.82 Å². The van der Waals surface area contributed by atoms with Crippen LogP contribution in [-0.2, 0) is 10.9 Å². The van der Waals surface area contributed by atoms with Crippen LogP contribution in [0.3, 0.4) is 0 Å². The molecule has 1 spiro atoms. The standard InChI is InChI=1S/C29H31ClF5N7O3/c1-37-4-6-42-24-19-23(39-26(40-24)45-13-27-3-2-5-41(27)10-15(31)9-27)21(32)22(38-25(19)44-14-28(42)11-43-12-28)17-7-16(36)8-18(30)20(17)29(33,34)35/h7-8,15,37H,2-6,9-14,36H2,1H3/t15-,27+/m1/s1. The number of nitrogens with two attached hydrogens (primary N) is 1. The Morgan fingerprint density at radius 1 is 1.20 bits per heavy atom. The number of fused-ring (bicyclic) bond motifs is 1. The number of nitrogen functional groups attached to an aromatic ring is 1. The van der Waals surface area contributed by atoms with Gasteiger partial charge >= 0.3 is 12.2 Å². The van der Waals surface area contributed by atoms with E-state index in [4.69, 9.17) is 36.5 Å². The highest BCUT2D eigenvalue weighted by Crippen LogP contribution is 2.48. The molecule has 0 unspecified atom stereocenters. The first-order valence-electron chi connectivity index (χ1n) is 14.7. The van der Waals surface area contributed by atoms with Gasteiger partial charge in [0.1, 0.15) is 47.3 Å². The van der Waals surface area contributed by atoms with E-state index in [0.717, 1.165) is 31.5 Å². The fourth-order valence-electron chi connectivity index (χ4n) is 7.05. The zero-order chi connectivity index (χ0) is 31.7. The maximum absolute atomic E-state index is 16.7. The van der Waals surface area contributed by atoms with E-state index in [2.05, 4.69) is 20.2 Å². The lowest BCUT2D eigenvalue weighted by Crippen LogP contribution is -2.66. The fraction of sp³-hybridized carbons (Fsp3) is 0.552. The van der Waals surface area contributed by atoms with Crippen molar-refractivity contribution in [1.82, 2.24) is 25.2 Å². The lowest BCUT2D eigenvalue weighted by molar-refractivity contribution is -0.137. The Bertz CT molecular complexity index is 1660. The van der Waals surface area contributed by atoms with E-state index in [1.165, 1.54) is 0 Å². The highest BCUT2D eigenvalue weighted by atomic mass is 35.5. The number of nitrogens with one attached hydrogen (secondary N) is 1. The molecular formula is C29H31ClF5N7O3. The third-order valence-electron chi connectivity index (χ3n) is 9.23. The molecule has 10 nitrogen and oxygen atoms in total. The summed E-state index contributed by atoms with van der Waals surface area (Å²) in [6.07, 6.45) is -4.05. The third kappa shape index (κ3) is 4.98. The van der Waals surface area contributed by atoms with E-state index in [0.29, 0.717) is 26.1 Å². The first kappa shape index (κ1) is 30.4. The summed E-state index contributed by atoms with van der Waals surface area (Å²) in [5.74, 6) is -1.06. The molecule has 3 aromatic rings. The quantitative estimate of drug-likeness (QED) is 0.284. The number of ether oxygens (including phenoxy) is 3. The molecule has 6 heterocycles. The van der Waals surface area contributed by atoms with Gasteiger partial charge in [0.2, 0.25) is 5.88 Å². The lowest BCUT2D eigenvalue weighted by Gasteiger charge is -2.48. The maximum atomic E-state index is 16.7. The van der Waals surface area contributed by atoms with Gasteiger partial charge in [-0.15, -0.1) is 0 Å². The van der Waals surface area contributed by atoms with Crippen molar-refractivity contribution in [3.05, 3.63) is 28.5 Å². The van der Waals surface area contributed by atoms with Crippen molar-refractivity contribution >= 4 is 34.0 Å². The normalized spacial score (nSPS) is 24.1. The topological polar surface area (TPSA) is 111 Å². The SMILES string of the molecule is CNCCN1c2nc(OC[C@@]34CCCN3C[C@H](F)C4)nc3c(F)c(-c4cc(N)cc(Cl)c4C(F)(F)F)nc(c23)OCC12COC2. The Morgan fingerprint density at radius 3 is 2.71 bits per heavy atom. The van der Waals surface area contributed by atoms with E-state index in [1.54, 1.807) is 7.05 Å². The van der Waals surface area contributed by atoms with Crippen LogP contribution in [0.5, 0.6) is 11.9 Å². The van der Waals surface area contributed by atoms with E-state index in [9.17, 15) is 17.6 Å². The van der Waals surface area contributed by atoms with Gasteiger partial charge in [0, 0.05) is 37.3 Å². The monoisotopic (exact) mass is 655 g/mol. The van der Waals surface area contributed by atoms with Crippen molar-refractivity contribution in [2.75, 3.05) is 70.3 Å². The molecular weight excluding hydrogens is 625 g/mol. The summed E-state index contributed by atoms with van der Waals surface area (Å²) < 4.78 is 91.7. The van der Waals surface area contributed by atoms with Gasteiger partial charge in [0.15, 0.2) is 5.82 Å². The zero-order valence-electron chi connectivity index (χ0n) is 24.3. The molecule has 4 aliphatic rings. The zero-order valence-corrected chi connectivity index (χ0v) is 25.1. The molecule has 2 aromatic heterocycles. The predicted molar refractivity (Wildman–Crippen MR) is 156 cm³/mol. The fourth-order valence-corrected chi connectivity index (χ4v) is 7.38. The van der Waals surface area contributed by atoms with Gasteiger partial charge < -0.3 is 30.2 Å². The van der Waals surface area contributed by atoms with Gasteiger partial charge in [-0.1, -0.05) is 11.6 Å². The number of likely N-dealkylation sites (N-methyl/N-ethyl adjacent to an activating group) is 1. The second kappa shape index (κ2) is 10.9. The first-order valence-corrected chi connectivity index (χ1v) is 15.0. The average molecular weight is 656 g/mol. The van der Waals surface area contributed by atoms with Gasteiger partial charge in [-0.25, -0.2) is 13.8 Å². The van der Waals surface area contributed by atoms with Crippen LogP contribution in [0.4, 0.5) is 33.5 Å². The summed E-state index contributed by atoms with van der Waals surface area (Å²) in [6.45, 7) is 2.60. The minimum absolute atomic E-state index is 0.0379. The minimum atomic E-state index is -4.96. The number of pyridine rings is 1. The molecule has 242 valence electrons. The Labute approximate surface area is 260 Å². The molecule has 0 amide bonds. The number of anilines is 2. The van der Waals surface area contributed by atoms with Gasteiger partial charge in [0.25, 0.3) is 0 Å². The Kier molecular flexibility index (Phi) is 7.37. The van der Waals surface area contributed by atoms with Crippen LogP contribution in [-0.4, -0.2) is 96.8 Å². The molecule has 2 atom stereocenters. The number of rotatable bonds is 7. The van der Waals surface area contributed by atoms with Gasteiger partial charge in [-0.3, -0.25) is 4.90 Å². The summed E-state index contributed by atoms with van der Waals surface area (Å²) in [4.78, 5) is 17.4. The summed E-state index contributed by atoms with van der Waals surface area (Å²) in [7, 11) is 1.78. The number of aromatic nitrogens is 3. The number of hydrogen-bond donors (Lipinski definition) is 2. The Hall–Kier alpha value is -3.27. The molecule has 7 rings (SSSR count). The van der Waals surface area contributed by atoms with E-state index in [-0.39, 0.29) is 60.7 Å². The van der Waals surface area contributed by atoms with Crippen LogP contribution < -0.4 is 25.4 Å². The van der Waals surface area contributed by atoms with Crippen molar-refractivity contribution < 1.29 is 36.2 Å². The van der Waals surface area contributed by atoms with Crippen LogP contribution in [0.25, 0.3) is 22.2 Å². The largest absolute Gasteiger partial charge is 0.474 e. The molecule has 3 fully saturated rings. The molecule has 0 radical (unpaired) electrons. The van der Waals surface area contributed by atoms with E-state index < -0.39 is 51.1 Å². The first-order chi connectivity index (χ1) is 21.4. The molecule has 0 bridgehead atoms. The minimum Gasteiger partial charge on any atom is -0.474 e. The van der Waals surface area contributed by atoms with Crippen molar-refractivity contribution in [3.63, 3.8) is 0 Å². The molecule has 16 heteroatoms. The Balaban J connectivity index is 1.42. The van der Waals surface area contributed by atoms with Crippen LogP contribution in [0.2, 0.25) is 5.02 Å². The third-order valence-corrected chi connectivity index (χ3v) is 9.53. The van der Waals surface area contributed by atoms with Crippen molar-refractivity contribution in [2.24, 2.45) is 0 Å². The summed E-state index contributed by atoms with van der Waals surface area (Å²) in [6, 6.07) is 1.72. The van der Waals surface area contributed by atoms with E-state index >= 15 is 4.39 Å². The van der Waals surface area contributed by atoms with Crippen LogP contribution in [0.1, 0.15) is 24.8 Å². The second-order valence-corrected chi connectivity index (χ2v) is 12.6. The highest BCUT2D eigenvalue weighted by molar-refractivity contribution is 6.32. The summed E-state index contributed by atoms with van der Waals surface area (Å²) in [5, 5.41) is 2.47. The van der Waals surface area contributed by atoms with E-state index in [1.807, 2.05) is 4.90 Å². The number of alkyl halides is 4. The molecule has 45 heavy (non-hydrogen) atoms. The van der Waals surface area contributed by atoms with Crippen LogP contribution in [0.15, 0.2) is 12.1 Å². The summed E-state index contributed by atoms with van der Waals surface area (Å²) >= 11 is 6.01. The summed E-state index contributed by atoms with van der Waals surface area (Å²) in [5.41, 5.74) is 1.51. The van der Waals surface area contributed by atoms with Gasteiger partial charge in [0.05, 0.1) is 29.3 Å². The number of hydrogen-bond acceptors (Lipinski definition) is 10. The molecule has 0 aliphatic carbocycles. The number of halogens is 6. The molecule has 3 saturated heterocycles.